The number of benzene rings is 1. The molecule has 2 heterocycles. The molecular formula is C17H24N4OS. The summed E-state index contributed by atoms with van der Waals surface area (Å²) in [7, 11) is -0.918. The highest BCUT2D eigenvalue weighted by atomic mass is 32.2. The Hall–Kier alpha value is -1.53. The molecule has 2 atom stereocenters. The van der Waals surface area contributed by atoms with Gasteiger partial charge in [0.05, 0.1) is 17.3 Å². The first-order valence-electron chi connectivity index (χ1n) is 8.19. The predicted molar refractivity (Wildman–Crippen MR) is 91.8 cm³/mol. The van der Waals surface area contributed by atoms with Crippen LogP contribution in [-0.4, -0.2) is 48.8 Å². The van der Waals surface area contributed by atoms with Gasteiger partial charge in [0.2, 0.25) is 0 Å². The zero-order valence-corrected chi connectivity index (χ0v) is 14.6. The third-order valence-corrected chi connectivity index (χ3v) is 5.77. The number of nitrogens with zero attached hydrogens (tertiary/aromatic N) is 4. The largest absolute Gasteiger partial charge is 0.298 e. The maximum atomic E-state index is 12.4. The van der Waals surface area contributed by atoms with Crippen LogP contribution >= 0.6 is 0 Å². The lowest BCUT2D eigenvalue weighted by Gasteiger charge is -2.24. The molecule has 0 saturated carbocycles. The van der Waals surface area contributed by atoms with Gasteiger partial charge >= 0.3 is 0 Å². The highest BCUT2D eigenvalue weighted by Crippen LogP contribution is 2.19. The topological polar surface area (TPSA) is 51.0 Å². The quantitative estimate of drug-likeness (QED) is 0.813. The maximum Gasteiger partial charge on any atom is 0.147 e. The van der Waals surface area contributed by atoms with Crippen molar-refractivity contribution in [2.45, 2.75) is 44.2 Å². The second kappa shape index (κ2) is 7.36. The van der Waals surface area contributed by atoms with Gasteiger partial charge in [-0.15, -0.1) is 0 Å². The Bertz CT molecular complexity index is 670. The minimum absolute atomic E-state index is 0.475. The van der Waals surface area contributed by atoms with Crippen LogP contribution in [0.5, 0.6) is 0 Å². The Morgan fingerprint density at radius 2 is 2.04 bits per heavy atom. The van der Waals surface area contributed by atoms with Crippen LogP contribution in [0.2, 0.25) is 0 Å². The molecule has 2 aromatic rings. The van der Waals surface area contributed by atoms with Gasteiger partial charge in [0, 0.05) is 23.2 Å². The summed E-state index contributed by atoms with van der Waals surface area (Å²) in [6.45, 7) is 6.77. The number of aromatic nitrogens is 3. The van der Waals surface area contributed by atoms with Crippen LogP contribution in [0.1, 0.15) is 24.5 Å². The molecule has 2 unspecified atom stereocenters. The van der Waals surface area contributed by atoms with E-state index >= 15 is 0 Å². The van der Waals surface area contributed by atoms with Gasteiger partial charge in [0.1, 0.15) is 11.6 Å². The van der Waals surface area contributed by atoms with E-state index in [1.807, 2.05) is 48.9 Å². The molecule has 1 fully saturated rings. The van der Waals surface area contributed by atoms with Crippen LogP contribution < -0.4 is 0 Å². The van der Waals surface area contributed by atoms with Crippen LogP contribution in [0.4, 0.5) is 0 Å². The summed E-state index contributed by atoms with van der Waals surface area (Å²) in [4.78, 5) is 7.75. The molecule has 1 aromatic heterocycles. The molecule has 0 bridgehead atoms. The smallest absolute Gasteiger partial charge is 0.147 e. The monoisotopic (exact) mass is 332 g/mol. The van der Waals surface area contributed by atoms with Gasteiger partial charge in [-0.1, -0.05) is 18.2 Å². The standard InChI is InChI=1S/C17H24N4OS/c1-14-18-15(2)21(19-14)13-16-7-6-10-20(16)11-12-23(22)17-8-4-3-5-9-17/h3-5,8-9,16H,6-7,10-13H2,1-2H3. The zero-order valence-electron chi connectivity index (χ0n) is 13.8. The molecule has 0 amide bonds. The summed E-state index contributed by atoms with van der Waals surface area (Å²) in [6.07, 6.45) is 2.38. The molecule has 0 aliphatic carbocycles. The molecule has 0 radical (unpaired) electrons. The molecule has 0 N–H and O–H groups in total. The Balaban J connectivity index is 1.57. The average Bonchev–Trinajstić information content (AvgIpc) is 3.12. The lowest BCUT2D eigenvalue weighted by Crippen LogP contribution is -2.36. The number of hydrogen-bond acceptors (Lipinski definition) is 4. The van der Waals surface area contributed by atoms with E-state index in [9.17, 15) is 4.21 Å². The van der Waals surface area contributed by atoms with Crippen LogP contribution in [0.3, 0.4) is 0 Å². The van der Waals surface area contributed by atoms with Crippen molar-refractivity contribution in [3.05, 3.63) is 42.0 Å². The normalized spacial score (nSPS) is 20.0. The minimum Gasteiger partial charge on any atom is -0.298 e. The summed E-state index contributed by atoms with van der Waals surface area (Å²) in [5, 5.41) is 4.47. The molecule has 1 aliphatic heterocycles. The van der Waals surface area contributed by atoms with Crippen LogP contribution in [-0.2, 0) is 17.3 Å². The maximum absolute atomic E-state index is 12.4. The molecule has 3 rings (SSSR count). The molecule has 1 saturated heterocycles. The SMILES string of the molecule is Cc1nc(C)n(CC2CCCN2CCS(=O)c2ccccc2)n1. The molecule has 0 spiro atoms. The van der Waals surface area contributed by atoms with E-state index in [1.165, 1.54) is 12.8 Å². The highest BCUT2D eigenvalue weighted by Gasteiger charge is 2.26. The molecule has 1 aliphatic rings. The van der Waals surface area contributed by atoms with Gasteiger partial charge in [-0.3, -0.25) is 9.11 Å². The Kier molecular flexibility index (Phi) is 5.23. The third kappa shape index (κ3) is 4.06. The van der Waals surface area contributed by atoms with E-state index in [0.29, 0.717) is 11.8 Å². The first-order valence-corrected chi connectivity index (χ1v) is 9.51. The van der Waals surface area contributed by atoms with Gasteiger partial charge in [-0.25, -0.2) is 9.67 Å². The van der Waals surface area contributed by atoms with Crippen molar-refractivity contribution in [2.75, 3.05) is 18.8 Å². The summed E-state index contributed by atoms with van der Waals surface area (Å²) in [5.41, 5.74) is 0. The zero-order chi connectivity index (χ0) is 16.2. The summed E-state index contributed by atoms with van der Waals surface area (Å²) >= 11 is 0. The number of rotatable bonds is 6. The van der Waals surface area contributed by atoms with Crippen molar-refractivity contribution in [3.8, 4) is 0 Å². The van der Waals surface area contributed by atoms with E-state index in [4.69, 9.17) is 0 Å². The predicted octanol–water partition coefficient (Wildman–Crippen LogP) is 2.17. The van der Waals surface area contributed by atoms with Crippen LogP contribution in [0, 0.1) is 13.8 Å². The lowest BCUT2D eigenvalue weighted by molar-refractivity contribution is 0.238. The molecule has 1 aromatic carbocycles. The second-order valence-electron chi connectivity index (χ2n) is 6.08. The van der Waals surface area contributed by atoms with Gasteiger partial charge in [-0.2, -0.15) is 5.10 Å². The van der Waals surface area contributed by atoms with Crippen molar-refractivity contribution in [1.82, 2.24) is 19.7 Å². The van der Waals surface area contributed by atoms with Crippen molar-refractivity contribution >= 4 is 10.8 Å². The van der Waals surface area contributed by atoms with E-state index in [-0.39, 0.29) is 0 Å². The van der Waals surface area contributed by atoms with Gasteiger partial charge in [0.15, 0.2) is 0 Å². The Morgan fingerprint density at radius 1 is 1.26 bits per heavy atom. The van der Waals surface area contributed by atoms with Crippen molar-refractivity contribution < 1.29 is 4.21 Å². The minimum atomic E-state index is -0.918. The summed E-state index contributed by atoms with van der Waals surface area (Å²) < 4.78 is 14.4. The first kappa shape index (κ1) is 16.3. The second-order valence-corrected chi connectivity index (χ2v) is 7.65. The fourth-order valence-electron chi connectivity index (χ4n) is 3.22. The van der Waals surface area contributed by atoms with E-state index in [0.717, 1.165) is 36.2 Å². The van der Waals surface area contributed by atoms with Crippen LogP contribution in [0.15, 0.2) is 35.2 Å². The summed E-state index contributed by atoms with van der Waals surface area (Å²) in [6, 6.07) is 10.2. The number of aryl methyl sites for hydroxylation is 2. The number of hydrogen-bond donors (Lipinski definition) is 0. The summed E-state index contributed by atoms with van der Waals surface area (Å²) in [5.74, 6) is 2.50. The van der Waals surface area contributed by atoms with Crippen molar-refractivity contribution in [3.63, 3.8) is 0 Å². The first-order chi connectivity index (χ1) is 11.1. The van der Waals surface area contributed by atoms with E-state index in [1.54, 1.807) is 0 Å². The molecule has 124 valence electrons. The van der Waals surface area contributed by atoms with Crippen molar-refractivity contribution in [2.24, 2.45) is 0 Å². The fraction of sp³-hybridized carbons (Fsp3) is 0.529. The van der Waals surface area contributed by atoms with Gasteiger partial charge < -0.3 is 0 Å². The van der Waals surface area contributed by atoms with Crippen LogP contribution in [0.25, 0.3) is 0 Å². The lowest BCUT2D eigenvalue weighted by atomic mass is 10.2. The fourth-order valence-corrected chi connectivity index (χ4v) is 4.32. The molecule has 5 nitrogen and oxygen atoms in total. The third-order valence-electron chi connectivity index (χ3n) is 4.42. The Morgan fingerprint density at radius 3 is 2.74 bits per heavy atom. The average molecular weight is 332 g/mol. The molecular weight excluding hydrogens is 308 g/mol. The number of likely N-dealkylation sites (tertiary alicyclic amines) is 1. The highest BCUT2D eigenvalue weighted by molar-refractivity contribution is 7.85. The van der Waals surface area contributed by atoms with Crippen molar-refractivity contribution in [1.29, 1.82) is 0 Å². The Labute approximate surface area is 140 Å². The molecule has 6 heteroatoms. The van der Waals surface area contributed by atoms with Gasteiger partial charge in [-0.05, 0) is 45.4 Å². The van der Waals surface area contributed by atoms with E-state index < -0.39 is 10.8 Å². The van der Waals surface area contributed by atoms with Gasteiger partial charge in [0.25, 0.3) is 0 Å². The molecule has 23 heavy (non-hydrogen) atoms. The van der Waals surface area contributed by atoms with E-state index in [2.05, 4.69) is 15.0 Å².